The van der Waals surface area contributed by atoms with Crippen molar-refractivity contribution in [2.24, 2.45) is 4.99 Å². The van der Waals surface area contributed by atoms with E-state index in [-0.39, 0.29) is 5.91 Å². The molecule has 23 heavy (non-hydrogen) atoms. The molecule has 2 aromatic carbocycles. The first-order valence-corrected chi connectivity index (χ1v) is 8.39. The van der Waals surface area contributed by atoms with Crippen molar-refractivity contribution in [3.05, 3.63) is 87.7 Å². The van der Waals surface area contributed by atoms with Gasteiger partial charge in [0.1, 0.15) is 0 Å². The molecule has 0 fully saturated rings. The van der Waals surface area contributed by atoms with Crippen LogP contribution in [0.2, 0.25) is 0 Å². The molecule has 0 atom stereocenters. The highest BCUT2D eigenvalue weighted by Crippen LogP contribution is 2.05. The Bertz CT molecular complexity index is 845. The van der Waals surface area contributed by atoms with Gasteiger partial charge in [-0.1, -0.05) is 60.2 Å². The molecule has 3 aromatic rings. The van der Waals surface area contributed by atoms with Crippen LogP contribution < -0.4 is 4.80 Å². The summed E-state index contributed by atoms with van der Waals surface area (Å²) < 4.78 is 2.01. The smallest absolute Gasteiger partial charge is 0.252 e. The standard InChI is InChI=1S/C19H18N2OS/c1-15-7-9-17(10-8-15)14-21-11-12-23-19(21)20-18(22)13-16-5-3-2-4-6-16/h2-12H,13-14H2,1H3. The summed E-state index contributed by atoms with van der Waals surface area (Å²) in [6.07, 6.45) is 2.31. The maximum absolute atomic E-state index is 12.2. The predicted octanol–water partition coefficient (Wildman–Crippen LogP) is 3.58. The number of hydrogen-bond acceptors (Lipinski definition) is 2. The molecule has 0 unspecified atom stereocenters. The van der Waals surface area contributed by atoms with E-state index in [0.29, 0.717) is 6.42 Å². The summed E-state index contributed by atoms with van der Waals surface area (Å²) in [6, 6.07) is 18.1. The average molecular weight is 322 g/mol. The van der Waals surface area contributed by atoms with Crippen molar-refractivity contribution in [1.29, 1.82) is 0 Å². The molecule has 1 amide bonds. The van der Waals surface area contributed by atoms with Gasteiger partial charge in [0.25, 0.3) is 5.91 Å². The molecule has 4 heteroatoms. The summed E-state index contributed by atoms with van der Waals surface area (Å²) >= 11 is 1.49. The second-order valence-electron chi connectivity index (χ2n) is 5.47. The van der Waals surface area contributed by atoms with E-state index in [1.165, 1.54) is 22.5 Å². The van der Waals surface area contributed by atoms with Crippen LogP contribution in [0.5, 0.6) is 0 Å². The lowest BCUT2D eigenvalue weighted by atomic mass is 10.1. The topological polar surface area (TPSA) is 34.4 Å². The molecule has 0 aliphatic carbocycles. The first-order chi connectivity index (χ1) is 11.2. The SMILES string of the molecule is Cc1ccc(Cn2ccsc2=NC(=O)Cc2ccccc2)cc1. The Hall–Kier alpha value is -2.46. The number of carbonyl (C=O) groups is 1. The number of carbonyl (C=O) groups excluding carboxylic acids is 1. The van der Waals surface area contributed by atoms with E-state index in [4.69, 9.17) is 0 Å². The number of nitrogens with zero attached hydrogens (tertiary/aromatic N) is 2. The average Bonchev–Trinajstić information content (AvgIpc) is 2.97. The highest BCUT2D eigenvalue weighted by atomic mass is 32.1. The zero-order chi connectivity index (χ0) is 16.1. The first-order valence-electron chi connectivity index (χ1n) is 7.52. The number of amides is 1. The van der Waals surface area contributed by atoms with Gasteiger partial charge in [0.2, 0.25) is 0 Å². The van der Waals surface area contributed by atoms with Crippen molar-refractivity contribution in [1.82, 2.24) is 4.57 Å². The molecule has 0 spiro atoms. The fourth-order valence-corrected chi connectivity index (χ4v) is 3.06. The number of hydrogen-bond donors (Lipinski definition) is 0. The van der Waals surface area contributed by atoms with Crippen molar-refractivity contribution in [2.45, 2.75) is 19.9 Å². The van der Waals surface area contributed by atoms with Gasteiger partial charge in [0.15, 0.2) is 4.80 Å². The van der Waals surface area contributed by atoms with Crippen molar-refractivity contribution in [2.75, 3.05) is 0 Å². The summed E-state index contributed by atoms with van der Waals surface area (Å²) in [5.74, 6) is -0.115. The lowest BCUT2D eigenvalue weighted by molar-refractivity contribution is -0.117. The minimum absolute atomic E-state index is 0.115. The maximum Gasteiger partial charge on any atom is 0.252 e. The van der Waals surface area contributed by atoms with Gasteiger partial charge in [-0.05, 0) is 18.1 Å². The molecule has 0 aliphatic heterocycles. The van der Waals surface area contributed by atoms with Gasteiger partial charge in [-0.3, -0.25) is 4.79 Å². The van der Waals surface area contributed by atoms with Crippen molar-refractivity contribution >= 4 is 17.2 Å². The van der Waals surface area contributed by atoms with Crippen LogP contribution in [-0.2, 0) is 17.8 Å². The highest BCUT2D eigenvalue weighted by Gasteiger charge is 2.03. The molecule has 0 bridgehead atoms. The lowest BCUT2D eigenvalue weighted by Gasteiger charge is -2.04. The van der Waals surface area contributed by atoms with Crippen LogP contribution >= 0.6 is 11.3 Å². The number of benzene rings is 2. The summed E-state index contributed by atoms with van der Waals surface area (Å²) in [5, 5.41) is 1.96. The molecular formula is C19H18N2OS. The van der Waals surface area contributed by atoms with E-state index in [2.05, 4.69) is 36.2 Å². The molecule has 3 nitrogen and oxygen atoms in total. The molecular weight excluding hydrogens is 304 g/mol. The van der Waals surface area contributed by atoms with Crippen LogP contribution in [0.1, 0.15) is 16.7 Å². The third-order valence-corrected chi connectivity index (χ3v) is 4.35. The summed E-state index contributed by atoms with van der Waals surface area (Å²) in [4.78, 5) is 17.2. The van der Waals surface area contributed by atoms with Gasteiger partial charge >= 0.3 is 0 Å². The molecule has 0 radical (unpaired) electrons. The quantitative estimate of drug-likeness (QED) is 0.723. The highest BCUT2D eigenvalue weighted by molar-refractivity contribution is 7.07. The van der Waals surface area contributed by atoms with Gasteiger partial charge in [-0.25, -0.2) is 0 Å². The zero-order valence-corrected chi connectivity index (χ0v) is 13.8. The Morgan fingerprint density at radius 1 is 1.04 bits per heavy atom. The van der Waals surface area contributed by atoms with Crippen LogP contribution in [-0.4, -0.2) is 10.5 Å². The van der Waals surface area contributed by atoms with E-state index in [0.717, 1.165) is 16.9 Å². The molecule has 1 heterocycles. The first kappa shape index (κ1) is 15.4. The van der Waals surface area contributed by atoms with E-state index < -0.39 is 0 Å². The van der Waals surface area contributed by atoms with E-state index in [1.807, 2.05) is 46.5 Å². The Balaban J connectivity index is 1.77. The van der Waals surface area contributed by atoms with E-state index in [9.17, 15) is 4.79 Å². The zero-order valence-electron chi connectivity index (χ0n) is 13.0. The molecule has 0 saturated carbocycles. The second-order valence-corrected chi connectivity index (χ2v) is 6.34. The van der Waals surface area contributed by atoms with Gasteiger partial charge in [0, 0.05) is 18.1 Å². The van der Waals surface area contributed by atoms with Crippen LogP contribution in [0.15, 0.2) is 71.2 Å². The summed E-state index contributed by atoms with van der Waals surface area (Å²) in [5.41, 5.74) is 3.43. The third-order valence-electron chi connectivity index (χ3n) is 3.55. The van der Waals surface area contributed by atoms with Crippen LogP contribution in [0, 0.1) is 6.92 Å². The fraction of sp³-hybridized carbons (Fsp3) is 0.158. The van der Waals surface area contributed by atoms with E-state index in [1.54, 1.807) is 0 Å². The summed E-state index contributed by atoms with van der Waals surface area (Å²) in [7, 11) is 0. The number of thiazole rings is 1. The number of aryl methyl sites for hydroxylation is 1. The van der Waals surface area contributed by atoms with Crippen molar-refractivity contribution in [3.8, 4) is 0 Å². The Labute approximate surface area is 139 Å². The van der Waals surface area contributed by atoms with Crippen LogP contribution in [0.3, 0.4) is 0 Å². The maximum atomic E-state index is 12.2. The molecule has 3 rings (SSSR count). The van der Waals surface area contributed by atoms with Crippen molar-refractivity contribution in [3.63, 3.8) is 0 Å². The third kappa shape index (κ3) is 4.27. The van der Waals surface area contributed by atoms with E-state index >= 15 is 0 Å². The monoisotopic (exact) mass is 322 g/mol. The van der Waals surface area contributed by atoms with Gasteiger partial charge in [0.05, 0.1) is 6.42 Å². The summed E-state index contributed by atoms with van der Waals surface area (Å²) in [6.45, 7) is 2.80. The Morgan fingerprint density at radius 2 is 1.78 bits per heavy atom. The number of rotatable bonds is 4. The predicted molar refractivity (Wildman–Crippen MR) is 93.3 cm³/mol. The van der Waals surface area contributed by atoms with Crippen molar-refractivity contribution < 1.29 is 4.79 Å². The number of aromatic nitrogens is 1. The minimum atomic E-state index is -0.115. The Morgan fingerprint density at radius 3 is 2.52 bits per heavy atom. The van der Waals surface area contributed by atoms with Gasteiger partial charge in [-0.15, -0.1) is 11.3 Å². The largest absolute Gasteiger partial charge is 0.319 e. The molecule has 0 aliphatic rings. The molecule has 0 N–H and O–H groups in total. The van der Waals surface area contributed by atoms with Crippen LogP contribution in [0.25, 0.3) is 0 Å². The van der Waals surface area contributed by atoms with Gasteiger partial charge in [-0.2, -0.15) is 4.99 Å². The molecule has 116 valence electrons. The molecule has 1 aromatic heterocycles. The van der Waals surface area contributed by atoms with Crippen LogP contribution in [0.4, 0.5) is 0 Å². The normalized spacial score (nSPS) is 11.6. The second kappa shape index (κ2) is 7.20. The Kier molecular flexibility index (Phi) is 4.83. The lowest BCUT2D eigenvalue weighted by Crippen LogP contribution is -2.17. The fourth-order valence-electron chi connectivity index (χ4n) is 2.31. The van der Waals surface area contributed by atoms with Gasteiger partial charge < -0.3 is 4.57 Å². The molecule has 0 saturated heterocycles. The minimum Gasteiger partial charge on any atom is -0.319 e.